The van der Waals surface area contributed by atoms with E-state index >= 15 is 0 Å². The summed E-state index contributed by atoms with van der Waals surface area (Å²) in [6, 6.07) is 13.7. The molecule has 4 rings (SSSR count). The van der Waals surface area contributed by atoms with Crippen molar-refractivity contribution in [2.75, 3.05) is 0 Å². The number of hydrogen-bond donors (Lipinski definition) is 0. The molecule has 0 N–H and O–H groups in total. The lowest BCUT2D eigenvalue weighted by molar-refractivity contribution is 0.168. The van der Waals surface area contributed by atoms with Crippen LogP contribution in [0.15, 0.2) is 36.4 Å². The monoisotopic (exact) mass is 264 g/mol. The molecule has 0 bridgehead atoms. The molecule has 0 radical (unpaired) electrons. The Hall–Kier alpha value is -1.30. The molecule has 20 heavy (non-hydrogen) atoms. The number of hydrogen-bond acceptors (Lipinski definition) is 0. The first-order chi connectivity index (χ1) is 9.74. The van der Waals surface area contributed by atoms with Crippen LogP contribution in [0.25, 0.3) is 10.8 Å². The Morgan fingerprint density at radius 2 is 1.95 bits per heavy atom. The molecular formula is C20H24. The maximum absolute atomic E-state index is 2.57. The van der Waals surface area contributed by atoms with Gasteiger partial charge < -0.3 is 0 Å². The zero-order valence-corrected chi connectivity index (χ0v) is 12.7. The molecule has 0 amide bonds. The SMILES string of the molecule is CC[C@H]1CC[C@H]2c3ccc4ccccc4c3CC[C@]12C. The molecule has 0 unspecified atom stereocenters. The molecule has 1 fully saturated rings. The van der Waals surface area contributed by atoms with Crippen LogP contribution in [0.1, 0.15) is 56.6 Å². The van der Waals surface area contributed by atoms with Gasteiger partial charge in [0.1, 0.15) is 0 Å². The molecule has 2 aromatic carbocycles. The van der Waals surface area contributed by atoms with Crippen LogP contribution in [-0.2, 0) is 6.42 Å². The van der Waals surface area contributed by atoms with Gasteiger partial charge in [0.25, 0.3) is 0 Å². The summed E-state index contributed by atoms with van der Waals surface area (Å²) in [6.45, 7) is 4.95. The van der Waals surface area contributed by atoms with Gasteiger partial charge >= 0.3 is 0 Å². The molecule has 1 saturated carbocycles. The first kappa shape index (κ1) is 12.4. The van der Waals surface area contributed by atoms with Crippen molar-refractivity contribution in [1.29, 1.82) is 0 Å². The van der Waals surface area contributed by atoms with Gasteiger partial charge in [0, 0.05) is 0 Å². The average molecular weight is 264 g/mol. The fourth-order valence-electron chi connectivity index (χ4n) is 5.22. The van der Waals surface area contributed by atoms with Gasteiger partial charge in [0.2, 0.25) is 0 Å². The van der Waals surface area contributed by atoms with E-state index in [1.807, 2.05) is 0 Å². The highest BCUT2D eigenvalue weighted by Crippen LogP contribution is 2.59. The van der Waals surface area contributed by atoms with Gasteiger partial charge in [-0.15, -0.1) is 0 Å². The van der Waals surface area contributed by atoms with Crippen LogP contribution in [0.4, 0.5) is 0 Å². The van der Waals surface area contributed by atoms with Crippen molar-refractivity contribution in [3.8, 4) is 0 Å². The standard InChI is InChI=1S/C20H24/c1-3-15-9-11-19-18-10-8-14-6-4-5-7-16(14)17(18)12-13-20(15,19)2/h4-8,10,15,19H,3,9,11-13H2,1-2H3/t15-,19-,20+/m0/s1. The van der Waals surface area contributed by atoms with E-state index in [1.54, 1.807) is 11.1 Å². The second-order valence-corrected chi connectivity index (χ2v) is 7.10. The maximum atomic E-state index is 2.57. The number of aryl methyl sites for hydroxylation is 1. The Labute approximate surface area is 122 Å². The van der Waals surface area contributed by atoms with E-state index in [1.165, 1.54) is 42.9 Å². The van der Waals surface area contributed by atoms with Crippen molar-refractivity contribution < 1.29 is 0 Å². The van der Waals surface area contributed by atoms with Gasteiger partial charge in [0.15, 0.2) is 0 Å². The predicted molar refractivity (Wildman–Crippen MR) is 86.1 cm³/mol. The molecular weight excluding hydrogens is 240 g/mol. The molecule has 2 aliphatic carbocycles. The third-order valence-corrected chi connectivity index (χ3v) is 6.39. The predicted octanol–water partition coefficient (Wildman–Crippen LogP) is 5.70. The summed E-state index contributed by atoms with van der Waals surface area (Å²) in [5.74, 6) is 1.74. The minimum Gasteiger partial charge on any atom is -0.0651 e. The number of rotatable bonds is 1. The highest BCUT2D eigenvalue weighted by atomic mass is 14.5. The summed E-state index contributed by atoms with van der Waals surface area (Å²) >= 11 is 0. The van der Waals surface area contributed by atoms with Crippen LogP contribution in [0.2, 0.25) is 0 Å². The Kier molecular flexibility index (Phi) is 2.70. The summed E-state index contributed by atoms with van der Waals surface area (Å²) in [5.41, 5.74) is 3.89. The average Bonchev–Trinajstić information content (AvgIpc) is 2.83. The lowest BCUT2D eigenvalue weighted by Gasteiger charge is -2.42. The normalized spacial score (nSPS) is 32.1. The number of fused-ring (bicyclic) bond motifs is 5. The molecule has 3 atom stereocenters. The molecule has 2 aliphatic rings. The smallest absolute Gasteiger partial charge is 0.0102 e. The zero-order chi connectivity index (χ0) is 13.7. The lowest BCUT2D eigenvalue weighted by Crippen LogP contribution is -2.32. The molecule has 0 saturated heterocycles. The molecule has 104 valence electrons. The number of benzene rings is 2. The van der Waals surface area contributed by atoms with Crippen LogP contribution in [0.3, 0.4) is 0 Å². The van der Waals surface area contributed by atoms with Gasteiger partial charge in [0.05, 0.1) is 0 Å². The second kappa shape index (κ2) is 4.35. The van der Waals surface area contributed by atoms with Crippen molar-refractivity contribution in [2.24, 2.45) is 11.3 Å². The summed E-state index contributed by atoms with van der Waals surface area (Å²) in [4.78, 5) is 0. The Balaban J connectivity index is 1.89. The highest BCUT2D eigenvalue weighted by molar-refractivity contribution is 5.87. The first-order valence-electron chi connectivity index (χ1n) is 8.24. The Morgan fingerprint density at radius 3 is 2.80 bits per heavy atom. The van der Waals surface area contributed by atoms with E-state index in [4.69, 9.17) is 0 Å². The molecule has 0 spiro atoms. The summed E-state index contributed by atoms with van der Waals surface area (Å²) < 4.78 is 0. The lowest BCUT2D eigenvalue weighted by atomic mass is 9.62. The van der Waals surface area contributed by atoms with Crippen LogP contribution in [0.5, 0.6) is 0 Å². The van der Waals surface area contributed by atoms with Crippen LogP contribution in [-0.4, -0.2) is 0 Å². The molecule has 0 heterocycles. The minimum atomic E-state index is 0.560. The molecule has 0 aromatic heterocycles. The van der Waals surface area contributed by atoms with Gasteiger partial charge in [-0.25, -0.2) is 0 Å². The molecule has 0 aliphatic heterocycles. The van der Waals surface area contributed by atoms with Crippen molar-refractivity contribution in [2.45, 2.75) is 51.9 Å². The van der Waals surface area contributed by atoms with E-state index in [2.05, 4.69) is 50.2 Å². The molecule has 0 heteroatoms. The van der Waals surface area contributed by atoms with Gasteiger partial charge in [-0.05, 0) is 64.8 Å². The van der Waals surface area contributed by atoms with E-state index in [0.29, 0.717) is 5.41 Å². The van der Waals surface area contributed by atoms with Crippen LogP contribution in [0, 0.1) is 11.3 Å². The van der Waals surface area contributed by atoms with E-state index in [9.17, 15) is 0 Å². The van der Waals surface area contributed by atoms with Gasteiger partial charge in [-0.3, -0.25) is 0 Å². The fraction of sp³-hybridized carbons (Fsp3) is 0.500. The van der Waals surface area contributed by atoms with Gasteiger partial charge in [-0.1, -0.05) is 56.7 Å². The van der Waals surface area contributed by atoms with Crippen LogP contribution >= 0.6 is 0 Å². The Bertz CT molecular complexity index is 654. The topological polar surface area (TPSA) is 0 Å². The zero-order valence-electron chi connectivity index (χ0n) is 12.7. The largest absolute Gasteiger partial charge is 0.0651 e. The van der Waals surface area contributed by atoms with Crippen molar-refractivity contribution >= 4 is 10.8 Å². The van der Waals surface area contributed by atoms with E-state index < -0.39 is 0 Å². The summed E-state index contributed by atoms with van der Waals surface area (Å²) in [6.07, 6.45) is 6.86. The Morgan fingerprint density at radius 1 is 1.10 bits per heavy atom. The van der Waals surface area contributed by atoms with Crippen molar-refractivity contribution in [3.63, 3.8) is 0 Å². The summed E-state index contributed by atoms with van der Waals surface area (Å²) in [7, 11) is 0. The molecule has 0 nitrogen and oxygen atoms in total. The highest BCUT2D eigenvalue weighted by Gasteiger charge is 2.48. The summed E-state index contributed by atoms with van der Waals surface area (Å²) in [5, 5.41) is 2.92. The third-order valence-electron chi connectivity index (χ3n) is 6.39. The quantitative estimate of drug-likeness (QED) is 0.620. The fourth-order valence-corrected chi connectivity index (χ4v) is 5.22. The van der Waals surface area contributed by atoms with Crippen molar-refractivity contribution in [3.05, 3.63) is 47.5 Å². The van der Waals surface area contributed by atoms with E-state index in [-0.39, 0.29) is 0 Å². The van der Waals surface area contributed by atoms with E-state index in [0.717, 1.165) is 11.8 Å². The molecule has 2 aromatic rings. The first-order valence-corrected chi connectivity index (χ1v) is 8.24. The van der Waals surface area contributed by atoms with Crippen molar-refractivity contribution in [1.82, 2.24) is 0 Å². The maximum Gasteiger partial charge on any atom is -0.0102 e. The third kappa shape index (κ3) is 1.54. The van der Waals surface area contributed by atoms with Crippen LogP contribution < -0.4 is 0 Å². The minimum absolute atomic E-state index is 0.560. The second-order valence-electron chi connectivity index (χ2n) is 7.10. The van der Waals surface area contributed by atoms with Gasteiger partial charge in [-0.2, -0.15) is 0 Å².